The highest BCUT2D eigenvalue weighted by Gasteiger charge is 2.26. The van der Waals surface area contributed by atoms with Crippen molar-refractivity contribution in [1.82, 2.24) is 0 Å². The van der Waals surface area contributed by atoms with Gasteiger partial charge >= 0.3 is 5.97 Å². The lowest BCUT2D eigenvalue weighted by molar-refractivity contribution is 0.0607. The SMILES string of the molecule is COC(=O)c1sc(NC2CCC2)c(OC(C)C)c1N. The van der Waals surface area contributed by atoms with Gasteiger partial charge in [-0.1, -0.05) is 0 Å². The predicted molar refractivity (Wildman–Crippen MR) is 77.1 cm³/mol. The second-order valence-electron chi connectivity index (χ2n) is 4.93. The van der Waals surface area contributed by atoms with Crippen LogP contribution in [0.5, 0.6) is 5.75 Å². The van der Waals surface area contributed by atoms with E-state index < -0.39 is 5.97 Å². The molecule has 106 valence electrons. The van der Waals surface area contributed by atoms with Crippen molar-refractivity contribution in [2.45, 2.75) is 45.3 Å². The highest BCUT2D eigenvalue weighted by atomic mass is 32.1. The molecule has 1 saturated carbocycles. The van der Waals surface area contributed by atoms with Crippen LogP contribution in [0.2, 0.25) is 0 Å². The lowest BCUT2D eigenvalue weighted by Crippen LogP contribution is -2.26. The van der Waals surface area contributed by atoms with Gasteiger partial charge in [0.2, 0.25) is 0 Å². The van der Waals surface area contributed by atoms with Gasteiger partial charge in [-0.3, -0.25) is 0 Å². The number of hydrogen-bond donors (Lipinski definition) is 2. The quantitative estimate of drug-likeness (QED) is 0.813. The van der Waals surface area contributed by atoms with Gasteiger partial charge in [0.15, 0.2) is 5.75 Å². The third-order valence-electron chi connectivity index (χ3n) is 3.06. The Hall–Kier alpha value is -1.43. The van der Waals surface area contributed by atoms with Crippen LogP contribution in [0.4, 0.5) is 10.7 Å². The molecule has 0 atom stereocenters. The Morgan fingerprint density at radius 3 is 2.63 bits per heavy atom. The number of methoxy groups -OCH3 is 1. The molecule has 1 aliphatic rings. The molecule has 0 radical (unpaired) electrons. The molecule has 1 aromatic heterocycles. The fourth-order valence-corrected chi connectivity index (χ4v) is 2.91. The Balaban J connectivity index is 2.29. The van der Waals surface area contributed by atoms with E-state index in [1.165, 1.54) is 24.9 Å². The molecule has 0 unspecified atom stereocenters. The lowest BCUT2D eigenvalue weighted by atomic mass is 9.93. The number of nitrogens with two attached hydrogens (primary N) is 1. The number of nitrogen functional groups attached to an aromatic ring is 1. The Labute approximate surface area is 117 Å². The van der Waals surface area contributed by atoms with Crippen molar-refractivity contribution >= 4 is 28.0 Å². The standard InChI is InChI=1S/C13H20N2O3S/c1-7(2)18-10-9(14)11(13(16)17-3)19-12(10)15-8-5-4-6-8/h7-8,15H,4-6,14H2,1-3H3. The van der Waals surface area contributed by atoms with E-state index in [9.17, 15) is 4.79 Å². The fraction of sp³-hybridized carbons (Fsp3) is 0.615. The van der Waals surface area contributed by atoms with Crippen molar-refractivity contribution in [2.24, 2.45) is 0 Å². The summed E-state index contributed by atoms with van der Waals surface area (Å²) in [5.74, 6) is 0.157. The van der Waals surface area contributed by atoms with Crippen LogP contribution < -0.4 is 15.8 Å². The average Bonchev–Trinajstić information content (AvgIpc) is 2.60. The molecule has 0 saturated heterocycles. The van der Waals surface area contributed by atoms with E-state index in [2.05, 4.69) is 5.32 Å². The van der Waals surface area contributed by atoms with Gasteiger partial charge in [-0.25, -0.2) is 4.79 Å². The van der Waals surface area contributed by atoms with Crippen molar-refractivity contribution < 1.29 is 14.3 Å². The Kier molecular flexibility index (Phi) is 4.19. The molecule has 3 N–H and O–H groups in total. The topological polar surface area (TPSA) is 73.6 Å². The Morgan fingerprint density at radius 2 is 2.16 bits per heavy atom. The summed E-state index contributed by atoms with van der Waals surface area (Å²) < 4.78 is 10.5. The minimum Gasteiger partial charge on any atom is -0.486 e. The molecule has 1 fully saturated rings. The maximum atomic E-state index is 11.7. The first-order valence-electron chi connectivity index (χ1n) is 6.46. The minimum absolute atomic E-state index is 0.00402. The van der Waals surface area contributed by atoms with Gasteiger partial charge in [-0.15, -0.1) is 11.3 Å². The van der Waals surface area contributed by atoms with Crippen molar-refractivity contribution in [3.05, 3.63) is 4.88 Å². The maximum absolute atomic E-state index is 11.7. The number of rotatable bonds is 5. The van der Waals surface area contributed by atoms with E-state index in [-0.39, 0.29) is 6.10 Å². The number of esters is 1. The number of ether oxygens (including phenoxy) is 2. The van der Waals surface area contributed by atoms with E-state index in [1.54, 1.807) is 0 Å². The van der Waals surface area contributed by atoms with E-state index in [0.29, 0.717) is 22.4 Å². The van der Waals surface area contributed by atoms with Crippen LogP contribution in [0.3, 0.4) is 0 Å². The monoisotopic (exact) mass is 284 g/mol. The summed E-state index contributed by atoms with van der Waals surface area (Å²) in [6, 6.07) is 0.457. The number of anilines is 2. The molecule has 2 rings (SSSR count). The van der Waals surface area contributed by atoms with Gasteiger partial charge < -0.3 is 20.5 Å². The van der Waals surface area contributed by atoms with E-state index >= 15 is 0 Å². The Morgan fingerprint density at radius 1 is 1.47 bits per heavy atom. The second kappa shape index (κ2) is 5.69. The molecule has 1 heterocycles. The third kappa shape index (κ3) is 2.94. The summed E-state index contributed by atoms with van der Waals surface area (Å²) in [7, 11) is 1.35. The summed E-state index contributed by atoms with van der Waals surface area (Å²) >= 11 is 1.30. The smallest absolute Gasteiger partial charge is 0.350 e. The molecule has 0 aliphatic heterocycles. The molecule has 5 nitrogen and oxygen atoms in total. The van der Waals surface area contributed by atoms with Crippen LogP contribution >= 0.6 is 11.3 Å². The van der Waals surface area contributed by atoms with E-state index in [1.807, 2.05) is 13.8 Å². The molecule has 1 aliphatic carbocycles. The van der Waals surface area contributed by atoms with Gasteiger partial charge in [-0.2, -0.15) is 0 Å². The van der Waals surface area contributed by atoms with Gasteiger partial charge in [-0.05, 0) is 33.1 Å². The maximum Gasteiger partial charge on any atom is 0.350 e. The zero-order valence-corrected chi connectivity index (χ0v) is 12.3. The predicted octanol–water partition coefficient (Wildman–Crippen LogP) is 2.87. The van der Waals surface area contributed by atoms with E-state index in [0.717, 1.165) is 17.8 Å². The fourth-order valence-electron chi connectivity index (χ4n) is 1.86. The average molecular weight is 284 g/mol. The summed E-state index contributed by atoms with van der Waals surface area (Å²) in [4.78, 5) is 12.1. The first-order valence-corrected chi connectivity index (χ1v) is 7.28. The van der Waals surface area contributed by atoms with Crippen molar-refractivity contribution in [3.63, 3.8) is 0 Å². The zero-order chi connectivity index (χ0) is 14.0. The largest absolute Gasteiger partial charge is 0.486 e. The molecular weight excluding hydrogens is 264 g/mol. The minimum atomic E-state index is -0.419. The first kappa shape index (κ1) is 14.0. The van der Waals surface area contributed by atoms with Crippen LogP contribution in [-0.4, -0.2) is 25.2 Å². The van der Waals surface area contributed by atoms with Crippen LogP contribution in [-0.2, 0) is 4.74 Å². The van der Waals surface area contributed by atoms with Gasteiger partial charge in [0.1, 0.15) is 15.6 Å². The molecule has 6 heteroatoms. The van der Waals surface area contributed by atoms with Gasteiger partial charge in [0.05, 0.1) is 13.2 Å². The van der Waals surface area contributed by atoms with Crippen LogP contribution in [0.1, 0.15) is 42.8 Å². The normalized spacial score (nSPS) is 15.2. The van der Waals surface area contributed by atoms with Crippen molar-refractivity contribution in [1.29, 1.82) is 0 Å². The Bertz CT molecular complexity index is 467. The first-order chi connectivity index (χ1) is 9.02. The molecule has 0 bridgehead atoms. The lowest BCUT2D eigenvalue weighted by Gasteiger charge is -2.27. The molecule has 1 aromatic rings. The summed E-state index contributed by atoms with van der Waals surface area (Å²) in [6.07, 6.45) is 3.53. The molecule has 0 aromatic carbocycles. The summed E-state index contributed by atoms with van der Waals surface area (Å²) in [5.41, 5.74) is 6.38. The molecule has 0 amide bonds. The van der Waals surface area contributed by atoms with Crippen molar-refractivity contribution in [3.8, 4) is 5.75 Å². The second-order valence-corrected chi connectivity index (χ2v) is 5.95. The number of carbonyl (C=O) groups is 1. The van der Waals surface area contributed by atoms with Crippen molar-refractivity contribution in [2.75, 3.05) is 18.2 Å². The van der Waals surface area contributed by atoms with E-state index in [4.69, 9.17) is 15.2 Å². The highest BCUT2D eigenvalue weighted by molar-refractivity contribution is 7.19. The number of thiophene rings is 1. The van der Waals surface area contributed by atoms with Crippen LogP contribution in [0, 0.1) is 0 Å². The van der Waals surface area contributed by atoms with Gasteiger partial charge in [0.25, 0.3) is 0 Å². The molecular formula is C13H20N2O3S. The summed E-state index contributed by atoms with van der Waals surface area (Å²) in [5, 5.41) is 4.23. The number of hydrogen-bond acceptors (Lipinski definition) is 6. The summed E-state index contributed by atoms with van der Waals surface area (Å²) in [6.45, 7) is 3.87. The molecule has 19 heavy (non-hydrogen) atoms. The third-order valence-corrected chi connectivity index (χ3v) is 4.16. The molecule has 0 spiro atoms. The van der Waals surface area contributed by atoms with Crippen LogP contribution in [0.15, 0.2) is 0 Å². The number of carbonyl (C=O) groups excluding carboxylic acids is 1. The van der Waals surface area contributed by atoms with Crippen LogP contribution in [0.25, 0.3) is 0 Å². The number of nitrogens with one attached hydrogen (secondary N) is 1. The highest BCUT2D eigenvalue weighted by Crippen LogP contribution is 2.44. The van der Waals surface area contributed by atoms with Gasteiger partial charge in [0, 0.05) is 6.04 Å². The zero-order valence-electron chi connectivity index (χ0n) is 11.5.